The number of rotatable bonds is 13. The lowest BCUT2D eigenvalue weighted by Gasteiger charge is -2.38. The summed E-state index contributed by atoms with van der Waals surface area (Å²) in [4.78, 5) is 0. The summed E-state index contributed by atoms with van der Waals surface area (Å²) in [5.74, 6) is 0.386. The summed E-state index contributed by atoms with van der Waals surface area (Å²) in [6.45, 7) is 22.2. The van der Waals surface area contributed by atoms with Crippen LogP contribution in [0.2, 0.25) is 0 Å². The molecule has 0 aromatic rings. The van der Waals surface area contributed by atoms with E-state index in [1.54, 1.807) is 0 Å². The van der Waals surface area contributed by atoms with Crippen molar-refractivity contribution >= 4 is 0 Å². The summed E-state index contributed by atoms with van der Waals surface area (Å²) in [7, 11) is 0. The number of hydrogen-bond donors (Lipinski definition) is 2. The van der Waals surface area contributed by atoms with Crippen molar-refractivity contribution in [3.05, 3.63) is 93.7 Å². The quantitative estimate of drug-likeness (QED) is 0.130. The van der Waals surface area contributed by atoms with E-state index in [0.29, 0.717) is 5.92 Å². The molecular weight excluding hydrogens is 512 g/mol. The van der Waals surface area contributed by atoms with Crippen LogP contribution in [0.25, 0.3) is 0 Å². The van der Waals surface area contributed by atoms with E-state index in [1.807, 2.05) is 6.08 Å². The lowest BCUT2D eigenvalue weighted by Crippen LogP contribution is -2.32. The molecule has 0 amide bonds. The molecule has 3 atom stereocenters. The van der Waals surface area contributed by atoms with Gasteiger partial charge in [0.05, 0.1) is 12.2 Å². The van der Waals surface area contributed by atoms with Crippen molar-refractivity contribution in [3.63, 3.8) is 0 Å². The van der Waals surface area contributed by atoms with Gasteiger partial charge in [-0.1, -0.05) is 116 Å². The normalized spacial score (nSPS) is 26.0. The fraction of sp³-hybridized carbons (Fsp3) is 0.600. The summed E-state index contributed by atoms with van der Waals surface area (Å²) >= 11 is 0. The highest BCUT2D eigenvalue weighted by Crippen LogP contribution is 2.42. The second-order valence-electron chi connectivity index (χ2n) is 14.6. The third-order valence-corrected chi connectivity index (χ3v) is 9.23. The van der Waals surface area contributed by atoms with Gasteiger partial charge >= 0.3 is 0 Å². The molecule has 0 bridgehead atoms. The molecule has 0 unspecified atom stereocenters. The molecule has 0 aliphatic heterocycles. The molecule has 0 aromatic carbocycles. The first-order valence-corrected chi connectivity index (χ1v) is 16.4. The van der Waals surface area contributed by atoms with Crippen LogP contribution >= 0.6 is 0 Å². The van der Waals surface area contributed by atoms with Crippen LogP contribution in [0.3, 0.4) is 0 Å². The molecule has 0 fully saturated rings. The lowest BCUT2D eigenvalue weighted by molar-refractivity contribution is 0.116. The van der Waals surface area contributed by atoms with E-state index in [2.05, 4.69) is 118 Å². The minimum Gasteiger partial charge on any atom is -0.393 e. The van der Waals surface area contributed by atoms with Gasteiger partial charge in [-0.05, 0) is 116 Å². The number of hydrogen-bond acceptors (Lipinski definition) is 2. The predicted octanol–water partition coefficient (Wildman–Crippen LogP) is 11.1. The van der Waals surface area contributed by atoms with Gasteiger partial charge in [-0.3, -0.25) is 0 Å². The van der Waals surface area contributed by atoms with Crippen molar-refractivity contribution in [2.75, 3.05) is 0 Å². The molecule has 0 saturated heterocycles. The topological polar surface area (TPSA) is 40.5 Å². The van der Waals surface area contributed by atoms with Crippen molar-refractivity contribution in [2.45, 2.75) is 139 Å². The summed E-state index contributed by atoms with van der Waals surface area (Å²) < 4.78 is 0. The van der Waals surface area contributed by atoms with Crippen LogP contribution in [-0.4, -0.2) is 22.4 Å². The molecule has 2 heteroatoms. The highest BCUT2D eigenvalue weighted by atomic mass is 16.3. The first-order chi connectivity index (χ1) is 19.6. The lowest BCUT2D eigenvalue weighted by atomic mass is 9.67. The highest BCUT2D eigenvalue weighted by Gasteiger charge is 2.34. The SMILES string of the molecule is CC1=C[C@H](O)CC(C)(C)[C@H]1/C=C/C(C)=C/CC/C(C)=C/CC/C=C(/C)CC/C=C(C)/C=C/C1=C(C)C[C@H](O)CC1(C)C. The molecule has 2 rings (SSSR count). The second kappa shape index (κ2) is 16.6. The largest absolute Gasteiger partial charge is 0.393 e. The van der Waals surface area contributed by atoms with E-state index < -0.39 is 0 Å². The van der Waals surface area contributed by atoms with Crippen LogP contribution in [0.5, 0.6) is 0 Å². The van der Waals surface area contributed by atoms with E-state index >= 15 is 0 Å². The fourth-order valence-corrected chi connectivity index (χ4v) is 6.86. The van der Waals surface area contributed by atoms with Crippen molar-refractivity contribution < 1.29 is 10.2 Å². The molecule has 0 spiro atoms. The van der Waals surface area contributed by atoms with E-state index in [-0.39, 0.29) is 23.0 Å². The Labute approximate surface area is 259 Å². The highest BCUT2D eigenvalue weighted by molar-refractivity contribution is 5.36. The Hall–Kier alpha value is -2.16. The van der Waals surface area contributed by atoms with E-state index in [1.165, 1.54) is 39.0 Å². The predicted molar refractivity (Wildman–Crippen MR) is 184 cm³/mol. The first-order valence-electron chi connectivity index (χ1n) is 16.4. The van der Waals surface area contributed by atoms with Gasteiger partial charge in [0.1, 0.15) is 0 Å². The second-order valence-corrected chi connectivity index (χ2v) is 14.6. The Bertz CT molecular complexity index is 1140. The molecule has 2 aliphatic rings. The van der Waals surface area contributed by atoms with Crippen LogP contribution in [0, 0.1) is 16.7 Å². The zero-order valence-corrected chi connectivity index (χ0v) is 28.7. The maximum absolute atomic E-state index is 10.1. The number of aliphatic hydroxyl groups excluding tert-OH is 2. The maximum Gasteiger partial charge on any atom is 0.0729 e. The van der Waals surface area contributed by atoms with Crippen LogP contribution in [-0.2, 0) is 0 Å². The Morgan fingerprint density at radius 1 is 0.786 bits per heavy atom. The van der Waals surface area contributed by atoms with Gasteiger partial charge in [0.2, 0.25) is 0 Å². The molecule has 2 nitrogen and oxygen atoms in total. The number of unbranched alkanes of at least 4 members (excludes halogenated alkanes) is 1. The van der Waals surface area contributed by atoms with Crippen LogP contribution < -0.4 is 0 Å². The zero-order valence-electron chi connectivity index (χ0n) is 28.7. The van der Waals surface area contributed by atoms with Crippen LogP contribution in [0.4, 0.5) is 0 Å². The summed E-state index contributed by atoms with van der Waals surface area (Å²) in [5, 5.41) is 20.2. The van der Waals surface area contributed by atoms with Crippen LogP contribution in [0.15, 0.2) is 93.7 Å². The monoisotopic (exact) mass is 574 g/mol. The zero-order chi connectivity index (χ0) is 31.5. The Morgan fingerprint density at radius 3 is 1.86 bits per heavy atom. The molecular formula is C40H62O2. The fourth-order valence-electron chi connectivity index (χ4n) is 6.86. The average Bonchev–Trinajstić information content (AvgIpc) is 2.84. The summed E-state index contributed by atoms with van der Waals surface area (Å²) in [5.41, 5.74) is 9.68. The first kappa shape index (κ1) is 36.0. The van der Waals surface area contributed by atoms with Gasteiger partial charge in [-0.2, -0.15) is 0 Å². The Morgan fingerprint density at radius 2 is 1.33 bits per heavy atom. The van der Waals surface area contributed by atoms with E-state index in [4.69, 9.17) is 0 Å². The molecule has 0 aromatic heterocycles. The Balaban J connectivity index is 1.73. The van der Waals surface area contributed by atoms with Gasteiger partial charge in [-0.15, -0.1) is 0 Å². The molecule has 0 heterocycles. The number of allylic oxidation sites excluding steroid dienone is 14. The number of aliphatic hydroxyl groups is 2. The third kappa shape index (κ3) is 12.2. The molecule has 0 saturated carbocycles. The summed E-state index contributed by atoms with van der Waals surface area (Å²) in [6, 6.07) is 0. The molecule has 2 N–H and O–H groups in total. The molecule has 2 aliphatic carbocycles. The average molecular weight is 575 g/mol. The molecule has 42 heavy (non-hydrogen) atoms. The van der Waals surface area contributed by atoms with E-state index in [0.717, 1.165) is 57.8 Å². The van der Waals surface area contributed by atoms with Crippen molar-refractivity contribution in [1.82, 2.24) is 0 Å². The van der Waals surface area contributed by atoms with Gasteiger partial charge in [0, 0.05) is 5.92 Å². The van der Waals surface area contributed by atoms with Gasteiger partial charge < -0.3 is 10.2 Å². The van der Waals surface area contributed by atoms with Gasteiger partial charge in [-0.25, -0.2) is 0 Å². The van der Waals surface area contributed by atoms with Crippen LogP contribution in [0.1, 0.15) is 127 Å². The van der Waals surface area contributed by atoms with Gasteiger partial charge in [0.15, 0.2) is 0 Å². The summed E-state index contributed by atoms with van der Waals surface area (Å²) in [6.07, 6.45) is 29.2. The van der Waals surface area contributed by atoms with E-state index in [9.17, 15) is 10.2 Å². The molecule has 0 radical (unpaired) electrons. The third-order valence-electron chi connectivity index (χ3n) is 9.23. The van der Waals surface area contributed by atoms with Crippen molar-refractivity contribution in [2.24, 2.45) is 16.7 Å². The molecule has 234 valence electrons. The smallest absolute Gasteiger partial charge is 0.0729 e. The Kier molecular flexibility index (Phi) is 14.3. The maximum atomic E-state index is 10.1. The van der Waals surface area contributed by atoms with Crippen molar-refractivity contribution in [3.8, 4) is 0 Å². The minimum atomic E-state index is -0.311. The standard InChI is InChI=1S/C40H62O2/c1-29(17-13-19-31(3)21-23-37-33(5)25-35(41)27-39(37,7)8)15-11-12-16-30(2)18-14-20-32(4)22-24-38-34(6)26-36(42)28-40(38,9)10/h15-16,19-25,35-37,41-42H,11-14,17-18,26-28H2,1-10H3/b23-21+,24-22+,29-15+,30-16-,31-19+,32-20+/t35-,36-,37-/m0/s1. The van der Waals surface area contributed by atoms with Gasteiger partial charge in [0.25, 0.3) is 0 Å². The van der Waals surface area contributed by atoms with Crippen molar-refractivity contribution in [1.29, 1.82) is 0 Å². The minimum absolute atomic E-state index is 0.0351.